The predicted molar refractivity (Wildman–Crippen MR) is 74.0 cm³/mol. The Labute approximate surface area is 114 Å². The number of carboxylic acids is 1. The van der Waals surface area contributed by atoms with Crippen LogP contribution < -0.4 is 0 Å². The van der Waals surface area contributed by atoms with E-state index >= 15 is 0 Å². The Morgan fingerprint density at radius 1 is 1.21 bits per heavy atom. The molecule has 1 aliphatic rings. The molecule has 0 aromatic heterocycles. The van der Waals surface area contributed by atoms with E-state index in [-0.39, 0.29) is 5.92 Å². The molecule has 1 saturated carbocycles. The van der Waals surface area contributed by atoms with Crippen molar-refractivity contribution in [3.8, 4) is 0 Å². The summed E-state index contributed by atoms with van der Waals surface area (Å²) >= 11 is 0. The quantitative estimate of drug-likeness (QED) is 0.879. The van der Waals surface area contributed by atoms with Crippen LogP contribution in [-0.2, 0) is 10.4 Å². The molecule has 1 unspecified atom stereocenters. The van der Waals surface area contributed by atoms with Gasteiger partial charge in [0, 0.05) is 5.92 Å². The highest BCUT2D eigenvalue weighted by Gasteiger charge is 2.46. The molecule has 1 aromatic rings. The zero-order chi connectivity index (χ0) is 14.0. The van der Waals surface area contributed by atoms with E-state index in [4.69, 9.17) is 0 Å². The molecule has 3 nitrogen and oxygen atoms in total. The molecule has 0 saturated heterocycles. The van der Waals surface area contributed by atoms with E-state index in [0.717, 1.165) is 43.2 Å². The first-order valence-electron chi connectivity index (χ1n) is 7.00. The van der Waals surface area contributed by atoms with Gasteiger partial charge in [0.15, 0.2) is 5.60 Å². The summed E-state index contributed by atoms with van der Waals surface area (Å²) < 4.78 is 0. The van der Waals surface area contributed by atoms with Crippen LogP contribution in [0.2, 0.25) is 0 Å². The van der Waals surface area contributed by atoms with E-state index in [1.807, 2.05) is 26.0 Å². The predicted octanol–water partition coefficient (Wildman–Crippen LogP) is 3.16. The number of hydrogen-bond donors (Lipinski definition) is 2. The van der Waals surface area contributed by atoms with Crippen LogP contribution in [0.4, 0.5) is 0 Å². The summed E-state index contributed by atoms with van der Waals surface area (Å²) in [6, 6.07) is 5.53. The Morgan fingerprint density at radius 2 is 1.84 bits per heavy atom. The first-order chi connectivity index (χ1) is 8.98. The molecular weight excluding hydrogens is 240 g/mol. The van der Waals surface area contributed by atoms with E-state index in [2.05, 4.69) is 0 Å². The van der Waals surface area contributed by atoms with Crippen LogP contribution in [0.1, 0.15) is 48.8 Å². The van der Waals surface area contributed by atoms with Crippen molar-refractivity contribution in [2.75, 3.05) is 0 Å². The highest BCUT2D eigenvalue weighted by Crippen LogP contribution is 2.41. The normalized spacial score (nSPS) is 19.9. The molecule has 0 amide bonds. The van der Waals surface area contributed by atoms with Gasteiger partial charge in [0.25, 0.3) is 0 Å². The van der Waals surface area contributed by atoms with E-state index in [1.54, 1.807) is 6.07 Å². The molecule has 0 radical (unpaired) electrons. The van der Waals surface area contributed by atoms with Crippen molar-refractivity contribution in [3.05, 3.63) is 34.9 Å². The van der Waals surface area contributed by atoms with Crippen molar-refractivity contribution >= 4 is 5.97 Å². The molecule has 1 aromatic carbocycles. The average molecular weight is 262 g/mol. The molecular formula is C16H22O3. The van der Waals surface area contributed by atoms with Crippen LogP contribution in [-0.4, -0.2) is 16.2 Å². The van der Waals surface area contributed by atoms with Gasteiger partial charge in [-0.3, -0.25) is 0 Å². The number of carbonyl (C=O) groups is 1. The number of aliphatic hydroxyl groups is 1. The fraction of sp³-hybridized carbons (Fsp3) is 0.562. The highest BCUT2D eigenvalue weighted by atomic mass is 16.4. The second kappa shape index (κ2) is 5.33. The third-order valence-corrected chi connectivity index (χ3v) is 4.54. The third kappa shape index (κ3) is 2.39. The van der Waals surface area contributed by atoms with Crippen LogP contribution in [0.3, 0.4) is 0 Å². The zero-order valence-electron chi connectivity index (χ0n) is 11.6. The van der Waals surface area contributed by atoms with Crippen LogP contribution in [0, 0.1) is 19.8 Å². The van der Waals surface area contributed by atoms with Gasteiger partial charge in [0.05, 0.1) is 0 Å². The molecule has 1 aliphatic carbocycles. The third-order valence-electron chi connectivity index (χ3n) is 4.54. The van der Waals surface area contributed by atoms with Crippen LogP contribution >= 0.6 is 0 Å². The molecule has 1 fully saturated rings. The molecule has 0 aliphatic heterocycles. The number of aliphatic carboxylic acids is 1. The van der Waals surface area contributed by atoms with Crippen LogP contribution in [0.5, 0.6) is 0 Å². The molecule has 2 N–H and O–H groups in total. The maximum Gasteiger partial charge on any atom is 0.340 e. The Kier molecular flexibility index (Phi) is 3.95. The Hall–Kier alpha value is -1.35. The number of aryl methyl sites for hydroxylation is 1. The van der Waals surface area contributed by atoms with Crippen molar-refractivity contribution in [3.63, 3.8) is 0 Å². The summed E-state index contributed by atoms with van der Waals surface area (Å²) in [6.07, 6.45) is 4.72. The maximum atomic E-state index is 11.7. The van der Waals surface area contributed by atoms with E-state index in [1.165, 1.54) is 0 Å². The minimum absolute atomic E-state index is 0.181. The molecule has 2 rings (SSSR count). The van der Waals surface area contributed by atoms with Crippen molar-refractivity contribution in [2.45, 2.75) is 51.6 Å². The number of rotatable bonds is 3. The van der Waals surface area contributed by atoms with Gasteiger partial charge < -0.3 is 10.2 Å². The number of carboxylic acid groups (broad SMARTS) is 1. The van der Waals surface area contributed by atoms with E-state index in [9.17, 15) is 15.0 Å². The fourth-order valence-corrected chi connectivity index (χ4v) is 3.19. The summed E-state index contributed by atoms with van der Waals surface area (Å²) in [5.74, 6) is -1.30. The molecule has 104 valence electrons. The Balaban J connectivity index is 2.49. The standard InChI is InChI=1S/C16H22O3/c1-11-7-6-10-14(12(11)2)16(19,15(17)18)13-8-4-3-5-9-13/h6-7,10,13,19H,3-5,8-9H2,1-2H3,(H,17,18). The SMILES string of the molecule is Cc1cccc(C(O)(C(=O)O)C2CCCCC2)c1C. The molecule has 0 spiro atoms. The fourth-order valence-electron chi connectivity index (χ4n) is 3.19. The summed E-state index contributed by atoms with van der Waals surface area (Å²) in [4.78, 5) is 11.7. The van der Waals surface area contributed by atoms with Crippen molar-refractivity contribution in [1.82, 2.24) is 0 Å². The van der Waals surface area contributed by atoms with Crippen LogP contribution in [0.15, 0.2) is 18.2 Å². The minimum Gasteiger partial charge on any atom is -0.479 e. The van der Waals surface area contributed by atoms with Crippen molar-refractivity contribution in [2.24, 2.45) is 5.92 Å². The van der Waals surface area contributed by atoms with Gasteiger partial charge in [-0.1, -0.05) is 37.5 Å². The highest BCUT2D eigenvalue weighted by molar-refractivity contribution is 5.80. The second-order valence-corrected chi connectivity index (χ2v) is 5.65. The van der Waals surface area contributed by atoms with Crippen molar-refractivity contribution in [1.29, 1.82) is 0 Å². The number of benzene rings is 1. The maximum absolute atomic E-state index is 11.7. The lowest BCUT2D eigenvalue weighted by Gasteiger charge is -2.36. The first-order valence-corrected chi connectivity index (χ1v) is 7.00. The van der Waals surface area contributed by atoms with Gasteiger partial charge in [-0.05, 0) is 43.4 Å². The topological polar surface area (TPSA) is 57.5 Å². The van der Waals surface area contributed by atoms with Gasteiger partial charge >= 0.3 is 5.97 Å². The zero-order valence-corrected chi connectivity index (χ0v) is 11.6. The minimum atomic E-state index is -1.74. The van der Waals surface area contributed by atoms with Gasteiger partial charge in [-0.2, -0.15) is 0 Å². The summed E-state index contributed by atoms with van der Waals surface area (Å²) in [5, 5.41) is 20.5. The lowest BCUT2D eigenvalue weighted by atomic mass is 9.72. The second-order valence-electron chi connectivity index (χ2n) is 5.65. The summed E-state index contributed by atoms with van der Waals surface area (Å²) in [5.41, 5.74) is 0.731. The molecule has 0 bridgehead atoms. The van der Waals surface area contributed by atoms with Gasteiger partial charge in [-0.25, -0.2) is 4.79 Å². The molecule has 3 heteroatoms. The van der Waals surface area contributed by atoms with Crippen molar-refractivity contribution < 1.29 is 15.0 Å². The van der Waals surface area contributed by atoms with Crippen LogP contribution in [0.25, 0.3) is 0 Å². The molecule has 1 atom stereocenters. The smallest absolute Gasteiger partial charge is 0.340 e. The molecule has 19 heavy (non-hydrogen) atoms. The van der Waals surface area contributed by atoms with Gasteiger partial charge in [-0.15, -0.1) is 0 Å². The monoisotopic (exact) mass is 262 g/mol. The summed E-state index contributed by atoms with van der Waals surface area (Å²) in [6.45, 7) is 3.84. The number of hydrogen-bond acceptors (Lipinski definition) is 2. The van der Waals surface area contributed by atoms with Gasteiger partial charge in [0.1, 0.15) is 0 Å². The van der Waals surface area contributed by atoms with E-state index < -0.39 is 11.6 Å². The van der Waals surface area contributed by atoms with Gasteiger partial charge in [0.2, 0.25) is 0 Å². The first kappa shape index (κ1) is 14.1. The lowest BCUT2D eigenvalue weighted by molar-refractivity contribution is -0.168. The van der Waals surface area contributed by atoms with E-state index in [0.29, 0.717) is 5.56 Å². The molecule has 0 heterocycles. The average Bonchev–Trinajstić information content (AvgIpc) is 2.42. The lowest BCUT2D eigenvalue weighted by Crippen LogP contribution is -2.44. The Bertz CT molecular complexity index is 475. The summed E-state index contributed by atoms with van der Waals surface area (Å²) in [7, 11) is 0. The largest absolute Gasteiger partial charge is 0.479 e. The Morgan fingerprint density at radius 3 is 2.42 bits per heavy atom.